The Balaban J connectivity index is 2.32. The Morgan fingerprint density at radius 1 is 1.16 bits per heavy atom. The number of phenolic OH excluding ortho intramolecular Hbond substituents is 1. The molecular formula is C12H18N4O3. The lowest BCUT2D eigenvalue weighted by Crippen LogP contribution is -2.45. The normalized spacial score (nSPS) is 11.6. The van der Waals surface area contributed by atoms with Gasteiger partial charge >= 0.3 is 6.03 Å². The summed E-state index contributed by atoms with van der Waals surface area (Å²) in [6, 6.07) is 5.17. The highest BCUT2D eigenvalue weighted by atomic mass is 16.3. The number of carbonyl (C=O) groups is 2. The van der Waals surface area contributed by atoms with E-state index in [1.165, 1.54) is 12.1 Å². The number of aromatic hydroxyl groups is 1. The van der Waals surface area contributed by atoms with E-state index in [9.17, 15) is 9.59 Å². The number of amides is 3. The first-order valence-electron chi connectivity index (χ1n) is 5.83. The highest BCUT2D eigenvalue weighted by molar-refractivity contribution is 5.81. The van der Waals surface area contributed by atoms with E-state index in [1.54, 1.807) is 12.1 Å². The zero-order valence-electron chi connectivity index (χ0n) is 10.4. The number of rotatable bonds is 6. The van der Waals surface area contributed by atoms with Crippen molar-refractivity contribution in [1.29, 1.82) is 0 Å². The number of carbonyl (C=O) groups excluding carboxylic acids is 2. The average Bonchev–Trinajstić information content (AvgIpc) is 2.36. The molecule has 0 spiro atoms. The molecular weight excluding hydrogens is 248 g/mol. The molecule has 7 heteroatoms. The van der Waals surface area contributed by atoms with Crippen molar-refractivity contribution < 1.29 is 14.7 Å². The quantitative estimate of drug-likeness (QED) is 0.425. The number of urea groups is 1. The molecule has 7 nitrogen and oxygen atoms in total. The molecule has 0 fully saturated rings. The maximum absolute atomic E-state index is 11.6. The summed E-state index contributed by atoms with van der Waals surface area (Å²) in [7, 11) is 0. The fourth-order valence-electron chi connectivity index (χ4n) is 1.48. The fourth-order valence-corrected chi connectivity index (χ4v) is 1.48. The molecule has 0 bridgehead atoms. The van der Waals surface area contributed by atoms with E-state index in [0.29, 0.717) is 6.42 Å². The summed E-state index contributed by atoms with van der Waals surface area (Å²) in [4.78, 5) is 22.0. The second-order valence-corrected chi connectivity index (χ2v) is 4.06. The molecule has 1 atom stereocenters. The van der Waals surface area contributed by atoms with Crippen LogP contribution in [0.4, 0.5) is 4.79 Å². The van der Waals surface area contributed by atoms with Crippen molar-refractivity contribution >= 4 is 11.9 Å². The Morgan fingerprint density at radius 3 is 2.32 bits per heavy atom. The first-order valence-corrected chi connectivity index (χ1v) is 5.83. The molecule has 19 heavy (non-hydrogen) atoms. The van der Waals surface area contributed by atoms with E-state index < -0.39 is 12.1 Å². The topological polar surface area (TPSA) is 130 Å². The zero-order chi connectivity index (χ0) is 14.3. The SMILES string of the molecule is NC(=O)NCCNC(=O)C(N)Cc1ccc(O)cc1. The van der Waals surface area contributed by atoms with Gasteiger partial charge in [0.05, 0.1) is 6.04 Å². The number of hydrogen-bond donors (Lipinski definition) is 5. The molecule has 0 aliphatic carbocycles. The van der Waals surface area contributed by atoms with Crippen LogP contribution in [0.1, 0.15) is 5.56 Å². The van der Waals surface area contributed by atoms with Gasteiger partial charge in [0, 0.05) is 13.1 Å². The molecule has 1 aromatic carbocycles. The van der Waals surface area contributed by atoms with Crippen LogP contribution < -0.4 is 22.1 Å². The summed E-state index contributed by atoms with van der Waals surface area (Å²) in [5.74, 6) is -0.140. The predicted octanol–water partition coefficient (Wildman–Crippen LogP) is -0.953. The van der Waals surface area contributed by atoms with Crippen molar-refractivity contribution in [2.75, 3.05) is 13.1 Å². The Morgan fingerprint density at radius 2 is 1.74 bits per heavy atom. The van der Waals surface area contributed by atoms with Gasteiger partial charge in [0.1, 0.15) is 5.75 Å². The van der Waals surface area contributed by atoms with Gasteiger partial charge in [-0.25, -0.2) is 4.79 Å². The molecule has 0 heterocycles. The van der Waals surface area contributed by atoms with E-state index in [4.69, 9.17) is 16.6 Å². The van der Waals surface area contributed by atoms with Gasteiger partial charge in [0.2, 0.25) is 5.91 Å². The third-order valence-electron chi connectivity index (χ3n) is 2.45. The van der Waals surface area contributed by atoms with Gasteiger partial charge in [-0.3, -0.25) is 4.79 Å². The first kappa shape index (κ1) is 14.8. The minimum atomic E-state index is -0.682. The molecule has 0 saturated carbocycles. The second-order valence-electron chi connectivity index (χ2n) is 4.06. The molecule has 0 aromatic heterocycles. The van der Waals surface area contributed by atoms with Gasteiger partial charge in [0.15, 0.2) is 0 Å². The lowest BCUT2D eigenvalue weighted by Gasteiger charge is -2.12. The van der Waals surface area contributed by atoms with Crippen molar-refractivity contribution in [3.05, 3.63) is 29.8 Å². The van der Waals surface area contributed by atoms with Crippen LogP contribution in [0.5, 0.6) is 5.75 Å². The smallest absolute Gasteiger partial charge is 0.312 e. The number of hydrogen-bond acceptors (Lipinski definition) is 4. The summed E-state index contributed by atoms with van der Waals surface area (Å²) in [5, 5.41) is 14.1. The molecule has 0 aliphatic heterocycles. The number of primary amides is 1. The minimum absolute atomic E-state index is 0.166. The molecule has 104 valence electrons. The largest absolute Gasteiger partial charge is 0.508 e. The number of nitrogens with two attached hydrogens (primary N) is 2. The van der Waals surface area contributed by atoms with E-state index >= 15 is 0 Å². The van der Waals surface area contributed by atoms with Crippen molar-refractivity contribution in [3.8, 4) is 5.75 Å². The van der Waals surface area contributed by atoms with Gasteiger partial charge in [-0.05, 0) is 24.1 Å². The van der Waals surface area contributed by atoms with Gasteiger partial charge in [0.25, 0.3) is 0 Å². The predicted molar refractivity (Wildman–Crippen MR) is 70.4 cm³/mol. The van der Waals surface area contributed by atoms with Crippen molar-refractivity contribution in [2.45, 2.75) is 12.5 Å². The van der Waals surface area contributed by atoms with Crippen molar-refractivity contribution in [3.63, 3.8) is 0 Å². The Kier molecular flexibility index (Phi) is 5.62. The van der Waals surface area contributed by atoms with Crippen LogP contribution in [0.3, 0.4) is 0 Å². The second kappa shape index (κ2) is 7.22. The maximum atomic E-state index is 11.6. The van der Waals surface area contributed by atoms with Crippen LogP contribution in [0, 0.1) is 0 Å². The molecule has 3 amide bonds. The monoisotopic (exact) mass is 266 g/mol. The molecule has 1 rings (SSSR count). The van der Waals surface area contributed by atoms with E-state index in [1.807, 2.05) is 0 Å². The molecule has 0 saturated heterocycles. The zero-order valence-corrected chi connectivity index (χ0v) is 10.4. The Bertz CT molecular complexity index is 433. The fraction of sp³-hybridized carbons (Fsp3) is 0.333. The third-order valence-corrected chi connectivity index (χ3v) is 2.45. The lowest BCUT2D eigenvalue weighted by molar-refractivity contribution is -0.122. The molecule has 1 aromatic rings. The summed E-state index contributed by atoms with van der Waals surface area (Å²) in [6.07, 6.45) is 0.370. The molecule has 7 N–H and O–H groups in total. The van der Waals surface area contributed by atoms with Gasteiger partial charge < -0.3 is 27.2 Å². The van der Waals surface area contributed by atoms with E-state index in [-0.39, 0.29) is 24.7 Å². The highest BCUT2D eigenvalue weighted by Crippen LogP contribution is 2.10. The summed E-state index contributed by atoms with van der Waals surface area (Å²) in [5.41, 5.74) is 11.5. The molecule has 0 aliphatic rings. The van der Waals surface area contributed by atoms with Crippen LogP contribution in [0.15, 0.2) is 24.3 Å². The average molecular weight is 266 g/mol. The first-order chi connectivity index (χ1) is 8.99. The standard InChI is InChI=1S/C12H18N4O3/c13-10(7-8-1-3-9(17)4-2-8)11(18)15-5-6-16-12(14)19/h1-4,10,17H,5-7,13H2,(H,15,18)(H3,14,16,19). The van der Waals surface area contributed by atoms with Crippen LogP contribution in [0.2, 0.25) is 0 Å². The molecule has 1 unspecified atom stereocenters. The van der Waals surface area contributed by atoms with Gasteiger partial charge in [-0.15, -0.1) is 0 Å². The van der Waals surface area contributed by atoms with E-state index in [2.05, 4.69) is 10.6 Å². The number of phenols is 1. The van der Waals surface area contributed by atoms with E-state index in [0.717, 1.165) is 5.56 Å². The van der Waals surface area contributed by atoms with Crippen molar-refractivity contribution in [2.24, 2.45) is 11.5 Å². The number of benzene rings is 1. The van der Waals surface area contributed by atoms with Gasteiger partial charge in [-0.1, -0.05) is 12.1 Å². The lowest BCUT2D eigenvalue weighted by atomic mass is 10.1. The Labute approximate surface area is 111 Å². The minimum Gasteiger partial charge on any atom is -0.508 e. The maximum Gasteiger partial charge on any atom is 0.312 e. The third kappa shape index (κ3) is 5.73. The van der Waals surface area contributed by atoms with Crippen LogP contribution >= 0.6 is 0 Å². The van der Waals surface area contributed by atoms with Gasteiger partial charge in [-0.2, -0.15) is 0 Å². The van der Waals surface area contributed by atoms with Crippen LogP contribution in [-0.2, 0) is 11.2 Å². The molecule has 0 radical (unpaired) electrons. The van der Waals surface area contributed by atoms with Crippen LogP contribution in [0.25, 0.3) is 0 Å². The van der Waals surface area contributed by atoms with Crippen LogP contribution in [-0.4, -0.2) is 36.2 Å². The summed E-state index contributed by atoms with van der Waals surface area (Å²) >= 11 is 0. The Hall–Kier alpha value is -2.28. The number of nitrogens with one attached hydrogen (secondary N) is 2. The summed E-state index contributed by atoms with van der Waals surface area (Å²) < 4.78 is 0. The highest BCUT2D eigenvalue weighted by Gasteiger charge is 2.13. The van der Waals surface area contributed by atoms with Crippen molar-refractivity contribution in [1.82, 2.24) is 10.6 Å². The summed E-state index contributed by atoms with van der Waals surface area (Å²) in [6.45, 7) is 0.526.